The van der Waals surface area contributed by atoms with E-state index in [1.165, 1.54) is 5.56 Å². The summed E-state index contributed by atoms with van der Waals surface area (Å²) in [6.07, 6.45) is 2.47. The van der Waals surface area contributed by atoms with Gasteiger partial charge in [-0.1, -0.05) is 28.1 Å². The molecule has 1 unspecified atom stereocenters. The maximum atomic E-state index is 5.96. The van der Waals surface area contributed by atoms with Crippen LogP contribution in [0.3, 0.4) is 0 Å². The fourth-order valence-corrected chi connectivity index (χ4v) is 2.41. The normalized spacial score (nSPS) is 12.4. The van der Waals surface area contributed by atoms with Crippen LogP contribution in [-0.2, 0) is 6.42 Å². The summed E-state index contributed by atoms with van der Waals surface area (Å²) in [4.78, 5) is 4.14. The van der Waals surface area contributed by atoms with Crippen LogP contribution in [0.1, 0.15) is 22.7 Å². The molecule has 1 atom stereocenters. The molecule has 0 radical (unpaired) electrons. The van der Waals surface area contributed by atoms with Crippen molar-refractivity contribution in [1.82, 2.24) is 10.4 Å². The lowest BCUT2D eigenvalue weighted by molar-refractivity contribution is 0.549. The van der Waals surface area contributed by atoms with Crippen LogP contribution < -0.4 is 17.0 Å². The van der Waals surface area contributed by atoms with Gasteiger partial charge in [0.15, 0.2) is 0 Å². The Balaban J connectivity index is 2.27. The number of pyridine rings is 1. The van der Waals surface area contributed by atoms with Gasteiger partial charge in [0.25, 0.3) is 0 Å². The number of rotatable bonds is 4. The highest BCUT2D eigenvalue weighted by Crippen LogP contribution is 2.25. The summed E-state index contributed by atoms with van der Waals surface area (Å²) in [5.41, 5.74) is 12.0. The minimum Gasteiger partial charge on any atom is -0.383 e. The number of aromatic nitrogens is 1. The van der Waals surface area contributed by atoms with E-state index in [0.29, 0.717) is 5.82 Å². The molecule has 5 heteroatoms. The van der Waals surface area contributed by atoms with Gasteiger partial charge in [-0.3, -0.25) is 11.3 Å². The summed E-state index contributed by atoms with van der Waals surface area (Å²) in [5.74, 6) is 6.21. The van der Waals surface area contributed by atoms with Crippen molar-refractivity contribution in [2.24, 2.45) is 5.84 Å². The first-order valence-electron chi connectivity index (χ1n) is 6.03. The fraction of sp³-hybridized carbons (Fsp3) is 0.214. The number of nitrogen functional groups attached to an aromatic ring is 1. The van der Waals surface area contributed by atoms with Crippen LogP contribution in [0.4, 0.5) is 5.82 Å². The second-order valence-electron chi connectivity index (χ2n) is 4.48. The smallest absolute Gasteiger partial charge is 0.128 e. The Morgan fingerprint density at radius 3 is 2.53 bits per heavy atom. The summed E-state index contributed by atoms with van der Waals surface area (Å²) >= 11 is 3.43. The Morgan fingerprint density at radius 1 is 1.26 bits per heavy atom. The molecule has 19 heavy (non-hydrogen) atoms. The largest absolute Gasteiger partial charge is 0.383 e. The fourth-order valence-electron chi connectivity index (χ4n) is 2.14. The molecule has 2 aromatic rings. The lowest BCUT2D eigenvalue weighted by Crippen LogP contribution is -2.31. The van der Waals surface area contributed by atoms with E-state index in [0.717, 1.165) is 22.0 Å². The molecular weight excluding hydrogens is 304 g/mol. The minimum absolute atomic E-state index is 0.0464. The van der Waals surface area contributed by atoms with Gasteiger partial charge in [0.1, 0.15) is 5.82 Å². The lowest BCUT2D eigenvalue weighted by atomic mass is 9.96. The molecule has 1 aromatic carbocycles. The van der Waals surface area contributed by atoms with E-state index >= 15 is 0 Å². The molecule has 0 spiro atoms. The molecule has 1 aromatic heterocycles. The van der Waals surface area contributed by atoms with Crippen LogP contribution in [0.15, 0.2) is 41.0 Å². The topological polar surface area (TPSA) is 77.0 Å². The molecule has 1 heterocycles. The lowest BCUT2D eigenvalue weighted by Gasteiger charge is -2.20. The predicted octanol–water partition coefficient (Wildman–Crippen LogP) is 2.48. The monoisotopic (exact) mass is 320 g/mol. The summed E-state index contributed by atoms with van der Waals surface area (Å²) in [5, 5.41) is 0. The van der Waals surface area contributed by atoms with E-state index in [1.54, 1.807) is 6.20 Å². The van der Waals surface area contributed by atoms with Gasteiger partial charge >= 0.3 is 0 Å². The number of nitrogens with zero attached hydrogens (tertiary/aromatic N) is 1. The standard InChI is InChI=1S/C14H17BrN4/c1-9-6-7-18-14(16)13(9)12(19-17)8-10-2-4-11(15)5-3-10/h2-7,12,19H,8,17H2,1H3,(H2,16,18). The molecule has 100 valence electrons. The van der Waals surface area contributed by atoms with Crippen molar-refractivity contribution < 1.29 is 0 Å². The van der Waals surface area contributed by atoms with Crippen molar-refractivity contribution >= 4 is 21.7 Å². The van der Waals surface area contributed by atoms with Crippen LogP contribution in [0.2, 0.25) is 0 Å². The molecule has 0 amide bonds. The SMILES string of the molecule is Cc1ccnc(N)c1C(Cc1ccc(Br)cc1)NN. The highest BCUT2D eigenvalue weighted by atomic mass is 79.9. The van der Waals surface area contributed by atoms with Crippen LogP contribution in [-0.4, -0.2) is 4.98 Å². The minimum atomic E-state index is -0.0464. The molecule has 0 aliphatic heterocycles. The van der Waals surface area contributed by atoms with E-state index in [-0.39, 0.29) is 6.04 Å². The van der Waals surface area contributed by atoms with Gasteiger partial charge in [-0.25, -0.2) is 4.98 Å². The number of hydrogen-bond acceptors (Lipinski definition) is 4. The summed E-state index contributed by atoms with van der Waals surface area (Å²) < 4.78 is 1.06. The molecule has 0 fully saturated rings. The second-order valence-corrected chi connectivity index (χ2v) is 5.39. The van der Waals surface area contributed by atoms with Gasteiger partial charge in [0, 0.05) is 16.2 Å². The van der Waals surface area contributed by atoms with Crippen molar-refractivity contribution in [2.75, 3.05) is 5.73 Å². The van der Waals surface area contributed by atoms with E-state index < -0.39 is 0 Å². The molecule has 0 saturated carbocycles. The second kappa shape index (κ2) is 6.14. The quantitative estimate of drug-likeness (QED) is 0.597. The maximum absolute atomic E-state index is 5.96. The molecule has 0 aliphatic carbocycles. The molecular formula is C14H17BrN4. The molecule has 5 N–H and O–H groups in total. The number of anilines is 1. The highest BCUT2D eigenvalue weighted by molar-refractivity contribution is 9.10. The first-order chi connectivity index (χ1) is 9.11. The van der Waals surface area contributed by atoms with Gasteiger partial charge in [-0.2, -0.15) is 0 Å². The first-order valence-corrected chi connectivity index (χ1v) is 6.82. The van der Waals surface area contributed by atoms with Gasteiger partial charge < -0.3 is 5.73 Å². The van der Waals surface area contributed by atoms with Crippen LogP contribution in [0.5, 0.6) is 0 Å². The van der Waals surface area contributed by atoms with Gasteiger partial charge in [0.2, 0.25) is 0 Å². The Kier molecular flexibility index (Phi) is 4.52. The van der Waals surface area contributed by atoms with E-state index in [4.69, 9.17) is 11.6 Å². The number of halogens is 1. The third kappa shape index (κ3) is 3.32. The Labute approximate surface area is 121 Å². The average molecular weight is 321 g/mol. The number of nitrogens with two attached hydrogens (primary N) is 2. The van der Waals surface area contributed by atoms with Crippen LogP contribution in [0.25, 0.3) is 0 Å². The summed E-state index contributed by atoms with van der Waals surface area (Å²) in [6.45, 7) is 2.01. The van der Waals surface area contributed by atoms with E-state index in [1.807, 2.05) is 25.1 Å². The number of aryl methyl sites for hydroxylation is 1. The van der Waals surface area contributed by atoms with Crippen LogP contribution >= 0.6 is 15.9 Å². The Bertz CT molecular complexity index is 534. The van der Waals surface area contributed by atoms with E-state index in [9.17, 15) is 0 Å². The molecule has 4 nitrogen and oxygen atoms in total. The van der Waals surface area contributed by atoms with Crippen molar-refractivity contribution in [1.29, 1.82) is 0 Å². The van der Waals surface area contributed by atoms with E-state index in [2.05, 4.69) is 38.5 Å². The molecule has 0 saturated heterocycles. The third-order valence-corrected chi connectivity index (χ3v) is 3.67. The maximum Gasteiger partial charge on any atom is 0.128 e. The zero-order valence-electron chi connectivity index (χ0n) is 10.7. The van der Waals surface area contributed by atoms with Crippen LogP contribution in [0, 0.1) is 6.92 Å². The van der Waals surface area contributed by atoms with Crippen molar-refractivity contribution in [3.05, 3.63) is 57.7 Å². The van der Waals surface area contributed by atoms with Crippen molar-refractivity contribution in [3.63, 3.8) is 0 Å². The number of benzene rings is 1. The van der Waals surface area contributed by atoms with Gasteiger partial charge in [-0.15, -0.1) is 0 Å². The number of hydrogen-bond donors (Lipinski definition) is 3. The predicted molar refractivity (Wildman–Crippen MR) is 81.3 cm³/mol. The highest BCUT2D eigenvalue weighted by Gasteiger charge is 2.16. The first kappa shape index (κ1) is 14.0. The average Bonchev–Trinajstić information content (AvgIpc) is 2.39. The van der Waals surface area contributed by atoms with Crippen molar-refractivity contribution in [3.8, 4) is 0 Å². The summed E-state index contributed by atoms with van der Waals surface area (Å²) in [7, 11) is 0. The third-order valence-electron chi connectivity index (χ3n) is 3.14. The van der Waals surface area contributed by atoms with Gasteiger partial charge in [0.05, 0.1) is 6.04 Å². The summed E-state index contributed by atoms with van der Waals surface area (Å²) in [6, 6.07) is 10.1. The zero-order chi connectivity index (χ0) is 13.8. The Hall–Kier alpha value is -1.43. The Morgan fingerprint density at radius 2 is 1.95 bits per heavy atom. The number of nitrogens with one attached hydrogen (secondary N) is 1. The zero-order valence-corrected chi connectivity index (χ0v) is 12.3. The number of hydrazine groups is 1. The molecule has 2 rings (SSSR count). The molecule has 0 aliphatic rings. The molecule has 0 bridgehead atoms. The van der Waals surface area contributed by atoms with Crippen molar-refractivity contribution in [2.45, 2.75) is 19.4 Å². The van der Waals surface area contributed by atoms with Gasteiger partial charge in [-0.05, 0) is 42.7 Å².